The van der Waals surface area contributed by atoms with Crippen molar-refractivity contribution in [2.24, 2.45) is 0 Å². The maximum absolute atomic E-state index is 11.7. The fourth-order valence-electron chi connectivity index (χ4n) is 2.23. The molecule has 2 heterocycles. The molecule has 17 heavy (non-hydrogen) atoms. The number of thioether (sulfide) groups is 1. The lowest BCUT2D eigenvalue weighted by molar-refractivity contribution is 0.0561. The van der Waals surface area contributed by atoms with E-state index in [1.165, 1.54) is 12.2 Å². The maximum atomic E-state index is 11.7. The molecule has 3 rings (SSSR count). The summed E-state index contributed by atoms with van der Waals surface area (Å²) in [6.07, 6.45) is 1.08. The summed E-state index contributed by atoms with van der Waals surface area (Å²) < 4.78 is 5.67. The highest BCUT2D eigenvalue weighted by Crippen LogP contribution is 2.47. The van der Waals surface area contributed by atoms with Crippen LogP contribution in [-0.4, -0.2) is 34.6 Å². The summed E-state index contributed by atoms with van der Waals surface area (Å²) in [5, 5.41) is 0. The Hall–Kier alpha value is -1.16. The van der Waals surface area contributed by atoms with Gasteiger partial charge >= 0.3 is 6.09 Å². The smallest absolute Gasteiger partial charge is 0.410 e. The average Bonchev–Trinajstić information content (AvgIpc) is 2.24. The molecule has 2 fully saturated rings. The number of hydrogen-bond acceptors (Lipinski definition) is 3. The maximum Gasteiger partial charge on any atom is 0.410 e. The number of hydrogen-bond donors (Lipinski definition) is 0. The third-order valence-corrected chi connectivity index (χ3v) is 4.87. The van der Waals surface area contributed by atoms with E-state index in [0.717, 1.165) is 18.7 Å². The minimum absolute atomic E-state index is 0.174. The zero-order chi connectivity index (χ0) is 11.7. The predicted molar refractivity (Wildman–Crippen MR) is 68.0 cm³/mol. The summed E-state index contributed by atoms with van der Waals surface area (Å²) in [4.78, 5) is 13.5. The minimum Gasteiger partial charge on any atom is -0.445 e. The molecule has 1 aromatic carbocycles. The number of ether oxygens (including phenoxy) is 1. The Kier molecular flexibility index (Phi) is 2.74. The number of benzene rings is 1. The van der Waals surface area contributed by atoms with E-state index in [4.69, 9.17) is 4.74 Å². The first-order chi connectivity index (χ1) is 8.27. The number of amides is 1. The molecule has 2 aliphatic rings. The topological polar surface area (TPSA) is 29.5 Å². The van der Waals surface area contributed by atoms with Gasteiger partial charge < -0.3 is 9.64 Å². The number of carbonyl (C=O) groups is 1. The molecule has 1 aromatic rings. The first kappa shape index (κ1) is 11.0. The van der Waals surface area contributed by atoms with E-state index in [-0.39, 0.29) is 6.09 Å². The molecular formula is C13H15NO2S. The van der Waals surface area contributed by atoms with Crippen molar-refractivity contribution in [3.8, 4) is 0 Å². The second kappa shape index (κ2) is 4.26. The molecule has 1 spiro atoms. The average molecular weight is 249 g/mol. The summed E-state index contributed by atoms with van der Waals surface area (Å²) >= 11 is 1.98. The van der Waals surface area contributed by atoms with Crippen LogP contribution in [0.2, 0.25) is 0 Å². The highest BCUT2D eigenvalue weighted by atomic mass is 32.2. The Morgan fingerprint density at radius 1 is 1.35 bits per heavy atom. The van der Waals surface area contributed by atoms with Crippen molar-refractivity contribution in [3.05, 3.63) is 35.9 Å². The third kappa shape index (κ3) is 2.14. The van der Waals surface area contributed by atoms with Gasteiger partial charge in [-0.1, -0.05) is 30.3 Å². The Morgan fingerprint density at radius 2 is 2.06 bits per heavy atom. The highest BCUT2D eigenvalue weighted by Gasteiger charge is 2.50. The van der Waals surface area contributed by atoms with Gasteiger partial charge in [0.15, 0.2) is 0 Å². The molecule has 3 nitrogen and oxygen atoms in total. The lowest BCUT2D eigenvalue weighted by Gasteiger charge is -2.54. The molecule has 4 heteroatoms. The van der Waals surface area contributed by atoms with Crippen molar-refractivity contribution in [2.75, 3.05) is 18.8 Å². The summed E-state index contributed by atoms with van der Waals surface area (Å²) in [6.45, 7) is 2.10. The van der Waals surface area contributed by atoms with E-state index in [9.17, 15) is 4.79 Å². The Labute approximate surface area is 105 Å². The number of likely N-dealkylation sites (tertiary alicyclic amines) is 1. The molecule has 0 N–H and O–H groups in total. The van der Waals surface area contributed by atoms with Gasteiger partial charge in [0.2, 0.25) is 0 Å². The Morgan fingerprint density at radius 3 is 2.65 bits per heavy atom. The van der Waals surface area contributed by atoms with Crippen LogP contribution in [0.25, 0.3) is 0 Å². The van der Waals surface area contributed by atoms with E-state index in [2.05, 4.69) is 0 Å². The van der Waals surface area contributed by atoms with E-state index in [1.807, 2.05) is 42.1 Å². The van der Waals surface area contributed by atoms with E-state index < -0.39 is 0 Å². The molecule has 0 aliphatic carbocycles. The lowest BCUT2D eigenvalue weighted by Crippen LogP contribution is -2.65. The number of nitrogens with zero attached hydrogens (tertiary/aromatic N) is 1. The van der Waals surface area contributed by atoms with Crippen LogP contribution in [0.15, 0.2) is 30.3 Å². The SMILES string of the molecule is O=C(OCc1ccccc1)N1CC2(CCS2)C1. The molecule has 0 atom stereocenters. The van der Waals surface area contributed by atoms with Gasteiger partial charge in [-0.2, -0.15) is 11.8 Å². The molecule has 0 aromatic heterocycles. The van der Waals surface area contributed by atoms with Crippen molar-refractivity contribution >= 4 is 17.9 Å². The van der Waals surface area contributed by atoms with Gasteiger partial charge in [-0.25, -0.2) is 4.79 Å². The second-order valence-corrected chi connectivity index (χ2v) is 6.24. The zero-order valence-electron chi connectivity index (χ0n) is 9.59. The Balaban J connectivity index is 1.45. The van der Waals surface area contributed by atoms with Gasteiger partial charge in [-0.3, -0.25) is 0 Å². The van der Waals surface area contributed by atoms with Crippen LogP contribution in [0, 0.1) is 0 Å². The minimum atomic E-state index is -0.174. The fraction of sp³-hybridized carbons (Fsp3) is 0.462. The van der Waals surface area contributed by atoms with Crippen LogP contribution in [0.4, 0.5) is 4.79 Å². The van der Waals surface area contributed by atoms with Crippen molar-refractivity contribution in [1.29, 1.82) is 0 Å². The quantitative estimate of drug-likeness (QED) is 0.806. The number of rotatable bonds is 2. The van der Waals surface area contributed by atoms with Gasteiger partial charge in [0.1, 0.15) is 6.61 Å². The van der Waals surface area contributed by atoms with Gasteiger partial charge in [-0.05, 0) is 17.7 Å². The van der Waals surface area contributed by atoms with Gasteiger partial charge in [0, 0.05) is 13.1 Å². The fourth-order valence-corrected chi connectivity index (χ4v) is 3.50. The summed E-state index contributed by atoms with van der Waals surface area (Å²) in [5.74, 6) is 1.24. The van der Waals surface area contributed by atoms with Gasteiger partial charge in [0.25, 0.3) is 0 Å². The molecular weight excluding hydrogens is 234 g/mol. The van der Waals surface area contributed by atoms with Crippen LogP contribution < -0.4 is 0 Å². The lowest BCUT2D eigenvalue weighted by atomic mass is 9.95. The summed E-state index contributed by atoms with van der Waals surface area (Å²) in [7, 11) is 0. The van der Waals surface area contributed by atoms with Crippen LogP contribution in [0.5, 0.6) is 0 Å². The second-order valence-electron chi connectivity index (χ2n) is 4.68. The van der Waals surface area contributed by atoms with Crippen LogP contribution in [-0.2, 0) is 11.3 Å². The van der Waals surface area contributed by atoms with Crippen molar-refractivity contribution in [3.63, 3.8) is 0 Å². The zero-order valence-corrected chi connectivity index (χ0v) is 10.4. The molecule has 0 saturated carbocycles. The van der Waals surface area contributed by atoms with Crippen molar-refractivity contribution in [1.82, 2.24) is 4.90 Å². The number of carbonyl (C=O) groups excluding carboxylic acids is 1. The monoisotopic (exact) mass is 249 g/mol. The van der Waals surface area contributed by atoms with E-state index >= 15 is 0 Å². The molecule has 0 unspecified atom stereocenters. The molecule has 90 valence electrons. The van der Waals surface area contributed by atoms with Crippen LogP contribution >= 0.6 is 11.8 Å². The summed E-state index contributed by atoms with van der Waals surface area (Å²) in [6, 6.07) is 9.79. The van der Waals surface area contributed by atoms with Gasteiger partial charge in [-0.15, -0.1) is 0 Å². The van der Waals surface area contributed by atoms with Crippen molar-refractivity contribution < 1.29 is 9.53 Å². The third-order valence-electron chi connectivity index (χ3n) is 3.39. The highest BCUT2D eigenvalue weighted by molar-refractivity contribution is 8.02. The molecule has 2 aliphatic heterocycles. The van der Waals surface area contributed by atoms with E-state index in [1.54, 1.807) is 4.90 Å². The first-order valence-corrected chi connectivity index (χ1v) is 6.86. The molecule has 0 radical (unpaired) electrons. The van der Waals surface area contributed by atoms with Crippen molar-refractivity contribution in [2.45, 2.75) is 17.8 Å². The largest absolute Gasteiger partial charge is 0.445 e. The normalized spacial score (nSPS) is 20.6. The van der Waals surface area contributed by atoms with Crippen LogP contribution in [0.1, 0.15) is 12.0 Å². The summed E-state index contributed by atoms with van der Waals surface area (Å²) in [5.41, 5.74) is 1.04. The molecule has 2 saturated heterocycles. The first-order valence-electron chi connectivity index (χ1n) is 5.87. The van der Waals surface area contributed by atoms with E-state index in [0.29, 0.717) is 11.4 Å². The van der Waals surface area contributed by atoms with Gasteiger partial charge in [0.05, 0.1) is 4.75 Å². The molecule has 0 bridgehead atoms. The molecule has 1 amide bonds. The standard InChI is InChI=1S/C13H15NO2S/c15-12(14-9-13(10-14)6-7-17-13)16-8-11-4-2-1-3-5-11/h1-5H,6-10H2. The van der Waals surface area contributed by atoms with Crippen LogP contribution in [0.3, 0.4) is 0 Å². The predicted octanol–water partition coefficient (Wildman–Crippen LogP) is 2.51. The Bertz CT molecular complexity index is 409.